The molecule has 6 heteroatoms. The minimum atomic E-state index is -0.689. The zero-order chi connectivity index (χ0) is 11.9. The van der Waals surface area contributed by atoms with Crippen molar-refractivity contribution in [1.29, 1.82) is 5.26 Å². The molecule has 2 N–H and O–H groups in total. The van der Waals surface area contributed by atoms with Crippen LogP contribution in [-0.2, 0) is 4.79 Å². The van der Waals surface area contributed by atoms with E-state index >= 15 is 0 Å². The van der Waals surface area contributed by atoms with Crippen LogP contribution in [0.25, 0.3) is 0 Å². The highest BCUT2D eigenvalue weighted by Gasteiger charge is 2.47. The van der Waals surface area contributed by atoms with Crippen molar-refractivity contribution in [1.82, 2.24) is 9.88 Å². The Hall–Kier alpha value is -2.29. The van der Waals surface area contributed by atoms with Gasteiger partial charge in [0.15, 0.2) is 12.0 Å². The Kier molecular flexibility index (Phi) is 1.95. The number of pyridine rings is 1. The molecular formula is C11H11N5O. The maximum Gasteiger partial charge on any atom is 0.253 e. The van der Waals surface area contributed by atoms with Crippen molar-refractivity contribution in [3.63, 3.8) is 0 Å². The average molecular weight is 229 g/mol. The van der Waals surface area contributed by atoms with E-state index in [0.29, 0.717) is 25.3 Å². The second-order valence-electron chi connectivity index (χ2n) is 4.33. The summed E-state index contributed by atoms with van der Waals surface area (Å²) in [4.78, 5) is 17.8. The van der Waals surface area contributed by atoms with E-state index in [1.807, 2.05) is 12.1 Å². The van der Waals surface area contributed by atoms with Gasteiger partial charge in [-0.1, -0.05) is 0 Å². The van der Waals surface area contributed by atoms with Crippen LogP contribution in [0.15, 0.2) is 18.3 Å². The van der Waals surface area contributed by atoms with Crippen molar-refractivity contribution in [2.75, 3.05) is 23.7 Å². The molecule has 0 bridgehead atoms. The molecule has 86 valence electrons. The second-order valence-corrected chi connectivity index (χ2v) is 4.33. The summed E-state index contributed by atoms with van der Waals surface area (Å²) in [7, 11) is 0. The Labute approximate surface area is 98.2 Å². The van der Waals surface area contributed by atoms with Crippen molar-refractivity contribution in [3.05, 3.63) is 18.3 Å². The van der Waals surface area contributed by atoms with E-state index in [-0.39, 0.29) is 5.91 Å². The molecular weight excluding hydrogens is 218 g/mol. The number of hydrogen-bond acceptors (Lipinski definition) is 5. The predicted molar refractivity (Wildman–Crippen MR) is 61.0 cm³/mol. The Morgan fingerprint density at radius 1 is 1.59 bits per heavy atom. The van der Waals surface area contributed by atoms with Crippen LogP contribution < -0.4 is 10.6 Å². The molecule has 0 radical (unpaired) electrons. The fourth-order valence-electron chi connectivity index (χ4n) is 2.33. The molecule has 0 aliphatic carbocycles. The van der Waals surface area contributed by atoms with E-state index in [1.165, 1.54) is 0 Å². The molecule has 1 atom stereocenters. The third kappa shape index (κ3) is 1.40. The Morgan fingerprint density at radius 3 is 3.24 bits per heavy atom. The SMILES string of the molecule is N#CN1CCC2(C1)Nc1cccnc1NC2=O. The van der Waals surface area contributed by atoms with Crippen LogP contribution in [0, 0.1) is 11.5 Å². The molecule has 2 aliphatic heterocycles. The van der Waals surface area contributed by atoms with Gasteiger partial charge in [0.1, 0.15) is 5.54 Å². The van der Waals surface area contributed by atoms with Gasteiger partial charge in [-0.25, -0.2) is 4.98 Å². The van der Waals surface area contributed by atoms with Crippen molar-refractivity contribution in [2.45, 2.75) is 12.0 Å². The van der Waals surface area contributed by atoms with Crippen molar-refractivity contribution in [3.8, 4) is 6.19 Å². The number of rotatable bonds is 0. The van der Waals surface area contributed by atoms with Crippen LogP contribution in [0.5, 0.6) is 0 Å². The molecule has 1 aromatic heterocycles. The van der Waals surface area contributed by atoms with E-state index in [2.05, 4.69) is 21.8 Å². The molecule has 1 fully saturated rings. The van der Waals surface area contributed by atoms with Gasteiger partial charge in [-0.15, -0.1) is 0 Å². The highest BCUT2D eigenvalue weighted by atomic mass is 16.2. The van der Waals surface area contributed by atoms with Gasteiger partial charge >= 0.3 is 0 Å². The van der Waals surface area contributed by atoms with E-state index in [9.17, 15) is 4.79 Å². The van der Waals surface area contributed by atoms with Gasteiger partial charge in [0, 0.05) is 12.7 Å². The minimum absolute atomic E-state index is 0.110. The lowest BCUT2D eigenvalue weighted by Crippen LogP contribution is -2.54. The molecule has 0 saturated carbocycles. The van der Waals surface area contributed by atoms with E-state index < -0.39 is 5.54 Å². The van der Waals surface area contributed by atoms with E-state index in [4.69, 9.17) is 5.26 Å². The number of carbonyl (C=O) groups excluding carboxylic acids is 1. The van der Waals surface area contributed by atoms with Crippen LogP contribution >= 0.6 is 0 Å². The molecule has 1 amide bonds. The third-order valence-corrected chi connectivity index (χ3v) is 3.26. The first-order chi connectivity index (χ1) is 8.23. The summed E-state index contributed by atoms with van der Waals surface area (Å²) in [6, 6.07) is 3.69. The van der Waals surface area contributed by atoms with Gasteiger partial charge in [0.2, 0.25) is 0 Å². The fourth-order valence-corrected chi connectivity index (χ4v) is 2.33. The zero-order valence-corrected chi connectivity index (χ0v) is 9.10. The van der Waals surface area contributed by atoms with Crippen molar-refractivity contribution < 1.29 is 4.79 Å². The lowest BCUT2D eigenvalue weighted by atomic mass is 9.95. The van der Waals surface area contributed by atoms with Gasteiger partial charge < -0.3 is 15.5 Å². The van der Waals surface area contributed by atoms with Gasteiger partial charge in [-0.3, -0.25) is 4.79 Å². The summed E-state index contributed by atoms with van der Waals surface area (Å²) in [6.07, 6.45) is 4.34. The number of nitrogens with zero attached hydrogens (tertiary/aromatic N) is 3. The number of nitrogens with one attached hydrogen (secondary N) is 2. The molecule has 0 aromatic carbocycles. The van der Waals surface area contributed by atoms with Gasteiger partial charge in [-0.05, 0) is 18.6 Å². The van der Waals surface area contributed by atoms with Crippen molar-refractivity contribution in [2.24, 2.45) is 0 Å². The Balaban J connectivity index is 1.95. The molecule has 3 rings (SSSR count). The highest BCUT2D eigenvalue weighted by Crippen LogP contribution is 2.34. The Bertz CT molecular complexity index is 523. The predicted octanol–water partition coefficient (Wildman–Crippen LogP) is 0.371. The zero-order valence-electron chi connectivity index (χ0n) is 9.10. The van der Waals surface area contributed by atoms with E-state index in [0.717, 1.165) is 5.69 Å². The monoisotopic (exact) mass is 229 g/mol. The standard InChI is InChI=1S/C11H11N5O/c12-7-16-5-3-11(6-16)10(17)14-9-8(15-11)2-1-4-13-9/h1-2,4,15H,3,5-6H2,(H,13,14,17). The number of nitriles is 1. The number of amides is 1. The summed E-state index contributed by atoms with van der Waals surface area (Å²) >= 11 is 0. The molecule has 3 heterocycles. The number of likely N-dealkylation sites (tertiary alicyclic amines) is 1. The number of aromatic nitrogens is 1. The third-order valence-electron chi connectivity index (χ3n) is 3.26. The fraction of sp³-hybridized carbons (Fsp3) is 0.364. The summed E-state index contributed by atoms with van der Waals surface area (Å²) in [6.45, 7) is 1.01. The molecule has 6 nitrogen and oxygen atoms in total. The minimum Gasteiger partial charge on any atom is -0.367 e. The van der Waals surface area contributed by atoms with E-state index in [1.54, 1.807) is 11.1 Å². The lowest BCUT2D eigenvalue weighted by Gasteiger charge is -2.34. The van der Waals surface area contributed by atoms with Crippen LogP contribution in [-0.4, -0.2) is 34.4 Å². The quantitative estimate of drug-likeness (QED) is 0.628. The number of hydrogen-bond donors (Lipinski definition) is 2. The van der Waals surface area contributed by atoms with Crippen LogP contribution in [0.4, 0.5) is 11.5 Å². The second kappa shape index (κ2) is 3.35. The maximum atomic E-state index is 12.1. The smallest absolute Gasteiger partial charge is 0.253 e. The first-order valence-electron chi connectivity index (χ1n) is 5.43. The number of carbonyl (C=O) groups is 1. The number of anilines is 2. The van der Waals surface area contributed by atoms with Crippen molar-refractivity contribution >= 4 is 17.4 Å². The first-order valence-corrected chi connectivity index (χ1v) is 5.43. The number of fused-ring (bicyclic) bond motifs is 1. The molecule has 1 spiro atoms. The van der Waals surface area contributed by atoms with Gasteiger partial charge in [0.25, 0.3) is 5.91 Å². The average Bonchev–Trinajstić information content (AvgIpc) is 2.75. The summed E-state index contributed by atoms with van der Waals surface area (Å²) < 4.78 is 0. The van der Waals surface area contributed by atoms with Crippen LogP contribution in [0.1, 0.15) is 6.42 Å². The molecule has 1 unspecified atom stereocenters. The summed E-state index contributed by atoms with van der Waals surface area (Å²) in [5, 5.41) is 14.9. The van der Waals surface area contributed by atoms with Gasteiger partial charge in [-0.2, -0.15) is 5.26 Å². The normalized spacial score (nSPS) is 26.1. The largest absolute Gasteiger partial charge is 0.367 e. The molecule has 1 saturated heterocycles. The lowest BCUT2D eigenvalue weighted by molar-refractivity contribution is -0.120. The molecule has 1 aromatic rings. The van der Waals surface area contributed by atoms with Crippen LogP contribution in [0.3, 0.4) is 0 Å². The Morgan fingerprint density at radius 2 is 2.47 bits per heavy atom. The topological polar surface area (TPSA) is 81.1 Å². The molecule has 17 heavy (non-hydrogen) atoms. The highest BCUT2D eigenvalue weighted by molar-refractivity contribution is 6.05. The molecule has 2 aliphatic rings. The maximum absolute atomic E-state index is 12.1. The summed E-state index contributed by atoms with van der Waals surface area (Å²) in [5.41, 5.74) is 0.123. The first kappa shape index (κ1) is 9.90. The van der Waals surface area contributed by atoms with Gasteiger partial charge in [0.05, 0.1) is 12.2 Å². The van der Waals surface area contributed by atoms with Crippen LogP contribution in [0.2, 0.25) is 0 Å². The summed E-state index contributed by atoms with van der Waals surface area (Å²) in [5.74, 6) is 0.444.